The van der Waals surface area contributed by atoms with Gasteiger partial charge in [0.1, 0.15) is 0 Å². The van der Waals surface area contributed by atoms with E-state index in [0.29, 0.717) is 5.75 Å². The third-order valence-corrected chi connectivity index (χ3v) is 2.19. The Morgan fingerprint density at radius 1 is 1.13 bits per heavy atom. The molecule has 1 aromatic heterocycles. The maximum Gasteiger partial charge on any atom is 0.161 e. The third kappa shape index (κ3) is 1.79. The number of hydrogen-bond donors (Lipinski definition) is 1. The van der Waals surface area contributed by atoms with Gasteiger partial charge >= 0.3 is 0 Å². The quantitative estimate of drug-likeness (QED) is 0.832. The van der Waals surface area contributed by atoms with Crippen molar-refractivity contribution in [3.63, 3.8) is 0 Å². The van der Waals surface area contributed by atoms with Crippen LogP contribution < -0.4 is 9.47 Å². The second-order valence-corrected chi connectivity index (χ2v) is 3.04. The first kappa shape index (κ1) is 9.58. The van der Waals surface area contributed by atoms with Crippen LogP contribution in [0.4, 0.5) is 0 Å². The highest BCUT2D eigenvalue weighted by Crippen LogP contribution is 2.31. The highest BCUT2D eigenvalue weighted by molar-refractivity contribution is 5.63. The summed E-state index contributed by atoms with van der Waals surface area (Å²) >= 11 is 0. The molecule has 0 fully saturated rings. The van der Waals surface area contributed by atoms with Crippen molar-refractivity contribution in [3.05, 3.63) is 30.7 Å². The lowest BCUT2D eigenvalue weighted by atomic mass is 10.1. The average molecular weight is 204 g/mol. The van der Waals surface area contributed by atoms with Crippen LogP contribution in [0.15, 0.2) is 30.7 Å². The van der Waals surface area contributed by atoms with Crippen LogP contribution in [-0.4, -0.2) is 24.2 Å². The fourth-order valence-corrected chi connectivity index (χ4v) is 1.42. The summed E-state index contributed by atoms with van der Waals surface area (Å²) in [6.07, 6.45) is 3.41. The number of aromatic amines is 1. The summed E-state index contributed by atoms with van der Waals surface area (Å²) in [7, 11) is 3.24. The lowest BCUT2D eigenvalue weighted by Crippen LogP contribution is -1.90. The van der Waals surface area contributed by atoms with Crippen molar-refractivity contribution in [2.75, 3.05) is 14.2 Å². The summed E-state index contributed by atoms with van der Waals surface area (Å²) in [5.74, 6) is 1.44. The van der Waals surface area contributed by atoms with E-state index in [0.717, 1.165) is 17.0 Å². The van der Waals surface area contributed by atoms with Crippen molar-refractivity contribution in [2.24, 2.45) is 0 Å². The molecule has 2 aromatic rings. The zero-order chi connectivity index (χ0) is 10.7. The van der Waals surface area contributed by atoms with Gasteiger partial charge in [-0.25, -0.2) is 4.98 Å². The fourth-order valence-electron chi connectivity index (χ4n) is 1.42. The molecule has 4 nitrogen and oxygen atoms in total. The van der Waals surface area contributed by atoms with E-state index in [1.165, 1.54) is 0 Å². The van der Waals surface area contributed by atoms with Gasteiger partial charge in [-0.05, 0) is 18.2 Å². The highest BCUT2D eigenvalue weighted by Gasteiger charge is 2.06. The van der Waals surface area contributed by atoms with Crippen LogP contribution in [0.25, 0.3) is 11.3 Å². The number of imidazole rings is 1. The van der Waals surface area contributed by atoms with Crippen LogP contribution in [0.3, 0.4) is 0 Å². The molecule has 0 unspecified atom stereocenters. The number of aromatic nitrogens is 2. The molecule has 0 saturated carbocycles. The van der Waals surface area contributed by atoms with E-state index in [1.54, 1.807) is 26.7 Å². The van der Waals surface area contributed by atoms with Gasteiger partial charge in [0.05, 0.1) is 32.4 Å². The Balaban J connectivity index is 2.43. The van der Waals surface area contributed by atoms with Crippen LogP contribution in [0.1, 0.15) is 0 Å². The second kappa shape index (κ2) is 4.04. The fraction of sp³-hybridized carbons (Fsp3) is 0.182. The predicted octanol–water partition coefficient (Wildman–Crippen LogP) is 2.09. The summed E-state index contributed by atoms with van der Waals surface area (Å²) in [6.45, 7) is 0. The standard InChI is InChI=1S/C11H12N2O2/c1-14-10-4-3-8(5-11(10)15-2)9-6-12-7-13-9/h3-7H,1-2H3,(H,12,13). The van der Waals surface area contributed by atoms with Crippen LogP contribution in [0, 0.1) is 0 Å². The van der Waals surface area contributed by atoms with Gasteiger partial charge in [-0.15, -0.1) is 0 Å². The van der Waals surface area contributed by atoms with Crippen molar-refractivity contribution >= 4 is 0 Å². The van der Waals surface area contributed by atoms with E-state index in [1.807, 2.05) is 18.2 Å². The Morgan fingerprint density at radius 3 is 2.53 bits per heavy atom. The van der Waals surface area contributed by atoms with Crippen molar-refractivity contribution in [3.8, 4) is 22.8 Å². The van der Waals surface area contributed by atoms with E-state index in [4.69, 9.17) is 9.47 Å². The van der Waals surface area contributed by atoms with Crippen LogP contribution in [-0.2, 0) is 0 Å². The number of H-pyrrole nitrogens is 1. The number of nitrogens with one attached hydrogen (secondary N) is 1. The first-order chi connectivity index (χ1) is 7.35. The van der Waals surface area contributed by atoms with E-state index < -0.39 is 0 Å². The molecule has 0 saturated heterocycles. The number of methoxy groups -OCH3 is 2. The monoisotopic (exact) mass is 204 g/mol. The Morgan fingerprint density at radius 2 is 1.93 bits per heavy atom. The largest absolute Gasteiger partial charge is 0.493 e. The molecule has 4 heteroatoms. The summed E-state index contributed by atoms with van der Waals surface area (Å²) in [6, 6.07) is 5.73. The van der Waals surface area contributed by atoms with Gasteiger partial charge < -0.3 is 14.5 Å². The van der Waals surface area contributed by atoms with Gasteiger partial charge in [-0.3, -0.25) is 0 Å². The van der Waals surface area contributed by atoms with E-state index in [2.05, 4.69) is 9.97 Å². The molecule has 78 valence electrons. The minimum Gasteiger partial charge on any atom is -0.493 e. The van der Waals surface area contributed by atoms with Crippen molar-refractivity contribution in [1.82, 2.24) is 9.97 Å². The van der Waals surface area contributed by atoms with Gasteiger partial charge in [0.25, 0.3) is 0 Å². The molecule has 15 heavy (non-hydrogen) atoms. The highest BCUT2D eigenvalue weighted by atomic mass is 16.5. The van der Waals surface area contributed by atoms with Crippen LogP contribution >= 0.6 is 0 Å². The van der Waals surface area contributed by atoms with Crippen LogP contribution in [0.2, 0.25) is 0 Å². The van der Waals surface area contributed by atoms with Crippen LogP contribution in [0.5, 0.6) is 11.5 Å². The zero-order valence-electron chi connectivity index (χ0n) is 8.65. The summed E-state index contributed by atoms with van der Waals surface area (Å²) in [5, 5.41) is 0. The molecule has 0 spiro atoms. The number of ether oxygens (including phenoxy) is 2. The maximum atomic E-state index is 5.22. The van der Waals surface area contributed by atoms with Gasteiger partial charge in [0, 0.05) is 5.56 Å². The van der Waals surface area contributed by atoms with Gasteiger partial charge in [0.2, 0.25) is 0 Å². The Bertz CT molecular complexity index is 438. The van der Waals surface area contributed by atoms with Gasteiger partial charge in [0.15, 0.2) is 11.5 Å². The molecule has 0 aliphatic carbocycles. The minimum atomic E-state index is 0.713. The molecule has 1 N–H and O–H groups in total. The molecule has 0 aliphatic rings. The number of hydrogen-bond acceptors (Lipinski definition) is 3. The molecule has 0 atom stereocenters. The molecule has 1 aromatic carbocycles. The molecule has 0 aliphatic heterocycles. The smallest absolute Gasteiger partial charge is 0.161 e. The van der Waals surface area contributed by atoms with Crippen molar-refractivity contribution in [1.29, 1.82) is 0 Å². The first-order valence-corrected chi connectivity index (χ1v) is 4.56. The summed E-state index contributed by atoms with van der Waals surface area (Å²) in [5.41, 5.74) is 1.97. The zero-order valence-corrected chi connectivity index (χ0v) is 8.65. The topological polar surface area (TPSA) is 47.1 Å². The number of nitrogens with zero attached hydrogens (tertiary/aromatic N) is 1. The molecule has 1 heterocycles. The lowest BCUT2D eigenvalue weighted by molar-refractivity contribution is 0.355. The SMILES string of the molecule is COc1ccc(-c2cnc[nH]2)cc1OC. The molecule has 2 rings (SSSR count). The average Bonchev–Trinajstić information content (AvgIpc) is 2.81. The Kier molecular flexibility index (Phi) is 2.58. The molecule has 0 radical (unpaired) electrons. The van der Waals surface area contributed by atoms with Crippen molar-refractivity contribution in [2.45, 2.75) is 0 Å². The summed E-state index contributed by atoms with van der Waals surface area (Å²) < 4.78 is 10.4. The predicted molar refractivity (Wildman–Crippen MR) is 57.1 cm³/mol. The second-order valence-electron chi connectivity index (χ2n) is 3.04. The molecule has 0 bridgehead atoms. The number of benzene rings is 1. The minimum absolute atomic E-state index is 0.713. The Hall–Kier alpha value is -1.97. The third-order valence-electron chi connectivity index (χ3n) is 2.19. The molecular weight excluding hydrogens is 192 g/mol. The molecule has 0 amide bonds. The van der Waals surface area contributed by atoms with E-state index in [-0.39, 0.29) is 0 Å². The van der Waals surface area contributed by atoms with E-state index >= 15 is 0 Å². The molecular formula is C11H12N2O2. The summed E-state index contributed by atoms with van der Waals surface area (Å²) in [4.78, 5) is 7.00. The lowest BCUT2D eigenvalue weighted by Gasteiger charge is -2.08. The first-order valence-electron chi connectivity index (χ1n) is 4.56. The number of rotatable bonds is 3. The Labute approximate surface area is 87.9 Å². The van der Waals surface area contributed by atoms with Gasteiger partial charge in [-0.2, -0.15) is 0 Å². The van der Waals surface area contributed by atoms with Gasteiger partial charge in [-0.1, -0.05) is 0 Å². The normalized spacial score (nSPS) is 10.0. The van der Waals surface area contributed by atoms with E-state index in [9.17, 15) is 0 Å². The maximum absolute atomic E-state index is 5.22. The van der Waals surface area contributed by atoms with Crippen molar-refractivity contribution < 1.29 is 9.47 Å².